The van der Waals surface area contributed by atoms with Gasteiger partial charge in [-0.25, -0.2) is 0 Å². The summed E-state index contributed by atoms with van der Waals surface area (Å²) < 4.78 is 9.93. The monoisotopic (exact) mass is 262 g/mol. The average molecular weight is 262 g/mol. The molecule has 5 nitrogen and oxygen atoms in total. The number of ketones is 1. The number of hydrogen-bond acceptors (Lipinski definition) is 5. The van der Waals surface area contributed by atoms with Crippen LogP contribution in [-0.2, 0) is 19.1 Å². The minimum atomic E-state index is -2.16. The van der Waals surface area contributed by atoms with Gasteiger partial charge in [-0.05, 0) is 6.92 Å². The summed E-state index contributed by atoms with van der Waals surface area (Å²) in [4.78, 5) is 23.1. The molecular weight excluding hydrogens is 248 g/mol. The minimum Gasteiger partial charge on any atom is -0.466 e. The second-order valence-corrected chi connectivity index (χ2v) is 4.11. The van der Waals surface area contributed by atoms with Crippen molar-refractivity contribution < 1.29 is 24.2 Å². The van der Waals surface area contributed by atoms with E-state index in [4.69, 9.17) is 9.47 Å². The highest BCUT2D eigenvalue weighted by molar-refractivity contribution is 6.05. The molecule has 0 saturated carbocycles. The van der Waals surface area contributed by atoms with E-state index in [1.165, 1.54) is 6.08 Å². The molecule has 1 unspecified atom stereocenters. The zero-order valence-corrected chi connectivity index (χ0v) is 10.5. The smallest absolute Gasteiger partial charge is 0.313 e. The van der Waals surface area contributed by atoms with Gasteiger partial charge in [0.15, 0.2) is 0 Å². The van der Waals surface area contributed by atoms with Crippen LogP contribution in [0.3, 0.4) is 0 Å². The van der Waals surface area contributed by atoms with Crippen molar-refractivity contribution in [2.24, 2.45) is 0 Å². The Morgan fingerprint density at radius 3 is 2.68 bits per heavy atom. The zero-order chi connectivity index (χ0) is 13.9. The summed E-state index contributed by atoms with van der Waals surface area (Å²) in [6.45, 7) is 1.83. The van der Waals surface area contributed by atoms with Gasteiger partial charge in [-0.2, -0.15) is 0 Å². The van der Waals surface area contributed by atoms with Crippen LogP contribution >= 0.6 is 0 Å². The standard InChI is InChI=1S/C14H14O5/c1-2-18-13(16)9-14(17)12(15)8-11(19-14)10-6-4-3-5-7-10/h3-8,17H,2,9H2,1H3. The van der Waals surface area contributed by atoms with E-state index in [-0.39, 0.29) is 12.4 Å². The van der Waals surface area contributed by atoms with E-state index >= 15 is 0 Å². The normalized spacial score (nSPS) is 21.8. The Morgan fingerprint density at radius 1 is 1.37 bits per heavy atom. The second-order valence-electron chi connectivity index (χ2n) is 4.11. The fourth-order valence-electron chi connectivity index (χ4n) is 1.77. The highest BCUT2D eigenvalue weighted by Crippen LogP contribution is 2.32. The molecule has 0 aliphatic carbocycles. The van der Waals surface area contributed by atoms with Crippen LogP contribution < -0.4 is 0 Å². The molecule has 0 aromatic heterocycles. The number of hydrogen-bond donors (Lipinski definition) is 1. The van der Waals surface area contributed by atoms with E-state index < -0.39 is 24.0 Å². The summed E-state index contributed by atoms with van der Waals surface area (Å²) in [5, 5.41) is 10.1. The molecule has 5 heteroatoms. The minimum absolute atomic E-state index is 0.183. The topological polar surface area (TPSA) is 72.8 Å². The number of carbonyl (C=O) groups excluding carboxylic acids is 2. The lowest BCUT2D eigenvalue weighted by Crippen LogP contribution is -2.39. The van der Waals surface area contributed by atoms with Crippen molar-refractivity contribution in [2.75, 3.05) is 6.61 Å². The van der Waals surface area contributed by atoms with Gasteiger partial charge in [0.1, 0.15) is 12.2 Å². The average Bonchev–Trinajstić information content (AvgIpc) is 2.67. The summed E-state index contributed by atoms with van der Waals surface area (Å²) in [6.07, 6.45) is 0.668. The quantitative estimate of drug-likeness (QED) is 0.827. The summed E-state index contributed by atoms with van der Waals surface area (Å²) in [7, 11) is 0. The Bertz CT molecular complexity index is 520. The van der Waals surface area contributed by atoms with Gasteiger partial charge in [-0.3, -0.25) is 9.59 Å². The van der Waals surface area contributed by atoms with Gasteiger partial charge in [0.2, 0.25) is 5.78 Å². The van der Waals surface area contributed by atoms with Gasteiger partial charge in [-0.1, -0.05) is 30.3 Å². The van der Waals surface area contributed by atoms with E-state index in [9.17, 15) is 14.7 Å². The number of rotatable bonds is 4. The number of ether oxygens (including phenoxy) is 2. The summed E-state index contributed by atoms with van der Waals surface area (Å²) in [5.74, 6) is -3.24. The third-order valence-corrected chi connectivity index (χ3v) is 2.67. The molecule has 1 heterocycles. The van der Waals surface area contributed by atoms with Crippen LogP contribution in [0.15, 0.2) is 36.4 Å². The van der Waals surface area contributed by atoms with E-state index in [0.717, 1.165) is 0 Å². The van der Waals surface area contributed by atoms with Crippen LogP contribution in [0.1, 0.15) is 18.9 Å². The van der Waals surface area contributed by atoms with E-state index in [2.05, 4.69) is 0 Å². The lowest BCUT2D eigenvalue weighted by molar-refractivity contribution is -0.182. The van der Waals surface area contributed by atoms with Crippen molar-refractivity contribution in [3.05, 3.63) is 42.0 Å². The molecule has 0 amide bonds. The molecule has 1 aliphatic rings. The lowest BCUT2D eigenvalue weighted by Gasteiger charge is -2.21. The Balaban J connectivity index is 2.13. The van der Waals surface area contributed by atoms with Gasteiger partial charge in [-0.15, -0.1) is 0 Å². The predicted octanol–water partition coefficient (Wildman–Crippen LogP) is 1.27. The van der Waals surface area contributed by atoms with Gasteiger partial charge < -0.3 is 14.6 Å². The van der Waals surface area contributed by atoms with Crippen molar-refractivity contribution in [1.82, 2.24) is 0 Å². The van der Waals surface area contributed by atoms with Crippen molar-refractivity contribution in [3.8, 4) is 0 Å². The summed E-state index contributed by atoms with van der Waals surface area (Å²) >= 11 is 0. The van der Waals surface area contributed by atoms with Gasteiger partial charge in [0.05, 0.1) is 6.61 Å². The Hall–Kier alpha value is -2.14. The Labute approximate surface area is 110 Å². The first-order valence-corrected chi connectivity index (χ1v) is 5.94. The highest BCUT2D eigenvalue weighted by atomic mass is 16.6. The molecule has 19 heavy (non-hydrogen) atoms. The van der Waals surface area contributed by atoms with Crippen molar-refractivity contribution >= 4 is 17.5 Å². The zero-order valence-electron chi connectivity index (χ0n) is 10.5. The highest BCUT2D eigenvalue weighted by Gasteiger charge is 2.45. The van der Waals surface area contributed by atoms with Crippen LogP contribution in [0.4, 0.5) is 0 Å². The fraction of sp³-hybridized carbons (Fsp3) is 0.286. The summed E-state index contributed by atoms with van der Waals surface area (Å²) in [6, 6.07) is 8.88. The van der Waals surface area contributed by atoms with Crippen LogP contribution in [0.2, 0.25) is 0 Å². The molecule has 100 valence electrons. The van der Waals surface area contributed by atoms with Crippen LogP contribution in [-0.4, -0.2) is 29.3 Å². The number of aliphatic hydroxyl groups is 1. The maximum absolute atomic E-state index is 11.8. The first kappa shape index (κ1) is 13.3. The molecule has 1 atom stereocenters. The maximum atomic E-state index is 11.8. The number of esters is 1. The third kappa shape index (κ3) is 2.82. The van der Waals surface area contributed by atoms with E-state index in [1.54, 1.807) is 31.2 Å². The van der Waals surface area contributed by atoms with Gasteiger partial charge in [0, 0.05) is 11.6 Å². The molecular formula is C14H14O5. The third-order valence-electron chi connectivity index (χ3n) is 2.67. The first-order chi connectivity index (χ1) is 9.05. The molecule has 0 spiro atoms. The van der Waals surface area contributed by atoms with E-state index in [0.29, 0.717) is 5.56 Å². The molecule has 0 bridgehead atoms. The van der Waals surface area contributed by atoms with Crippen molar-refractivity contribution in [1.29, 1.82) is 0 Å². The van der Waals surface area contributed by atoms with Gasteiger partial charge in [0.25, 0.3) is 5.79 Å². The predicted molar refractivity (Wildman–Crippen MR) is 66.7 cm³/mol. The maximum Gasteiger partial charge on any atom is 0.313 e. The first-order valence-electron chi connectivity index (χ1n) is 5.94. The molecule has 2 rings (SSSR count). The van der Waals surface area contributed by atoms with Crippen molar-refractivity contribution in [3.63, 3.8) is 0 Å². The van der Waals surface area contributed by atoms with Crippen molar-refractivity contribution in [2.45, 2.75) is 19.1 Å². The Kier molecular flexibility index (Phi) is 3.66. The van der Waals surface area contributed by atoms with Crippen LogP contribution in [0.5, 0.6) is 0 Å². The molecule has 1 aliphatic heterocycles. The van der Waals surface area contributed by atoms with Gasteiger partial charge >= 0.3 is 5.97 Å². The Morgan fingerprint density at radius 2 is 2.05 bits per heavy atom. The lowest BCUT2D eigenvalue weighted by atomic mass is 10.1. The summed E-state index contributed by atoms with van der Waals surface area (Å²) in [5.41, 5.74) is 0.663. The number of benzene rings is 1. The molecule has 0 fully saturated rings. The van der Waals surface area contributed by atoms with Crippen LogP contribution in [0.25, 0.3) is 5.76 Å². The second kappa shape index (κ2) is 5.24. The largest absolute Gasteiger partial charge is 0.466 e. The number of carbonyl (C=O) groups is 2. The van der Waals surface area contributed by atoms with Crippen LogP contribution in [0, 0.1) is 0 Å². The molecule has 0 saturated heterocycles. The molecule has 1 aromatic rings. The SMILES string of the molecule is CCOC(=O)CC1(O)OC(c2ccccc2)=CC1=O. The molecule has 0 radical (unpaired) electrons. The van der Waals surface area contributed by atoms with E-state index in [1.807, 2.05) is 6.07 Å². The fourth-order valence-corrected chi connectivity index (χ4v) is 1.77. The molecule has 1 aromatic carbocycles. The molecule has 1 N–H and O–H groups in total.